The SMILES string of the molecule is CNC(Cc1ccc(F)cc1Cl)c1ccnc(C)c1. The van der Waals surface area contributed by atoms with Crippen LogP contribution in [0.4, 0.5) is 4.39 Å². The van der Waals surface area contributed by atoms with E-state index in [-0.39, 0.29) is 11.9 Å². The summed E-state index contributed by atoms with van der Waals surface area (Å²) in [6.45, 7) is 1.96. The maximum Gasteiger partial charge on any atom is 0.124 e. The summed E-state index contributed by atoms with van der Waals surface area (Å²) in [4.78, 5) is 4.19. The van der Waals surface area contributed by atoms with Crippen LogP contribution in [0.3, 0.4) is 0 Å². The van der Waals surface area contributed by atoms with Gasteiger partial charge >= 0.3 is 0 Å². The monoisotopic (exact) mass is 278 g/mol. The van der Waals surface area contributed by atoms with Crippen molar-refractivity contribution in [3.8, 4) is 0 Å². The van der Waals surface area contributed by atoms with Crippen LogP contribution in [0, 0.1) is 12.7 Å². The Morgan fingerprint density at radius 2 is 2.11 bits per heavy atom. The molecule has 2 nitrogen and oxygen atoms in total. The van der Waals surface area contributed by atoms with Gasteiger partial charge in [0.2, 0.25) is 0 Å². The molecule has 100 valence electrons. The highest BCUT2D eigenvalue weighted by Crippen LogP contribution is 2.24. The quantitative estimate of drug-likeness (QED) is 0.923. The van der Waals surface area contributed by atoms with E-state index in [4.69, 9.17) is 11.6 Å². The second-order valence-electron chi connectivity index (χ2n) is 4.51. The van der Waals surface area contributed by atoms with Gasteiger partial charge in [-0.05, 0) is 55.8 Å². The molecule has 1 aromatic heterocycles. The van der Waals surface area contributed by atoms with Crippen molar-refractivity contribution in [3.63, 3.8) is 0 Å². The van der Waals surface area contributed by atoms with E-state index < -0.39 is 0 Å². The first-order chi connectivity index (χ1) is 9.10. The molecule has 0 amide bonds. The molecule has 0 fully saturated rings. The minimum Gasteiger partial charge on any atom is -0.313 e. The highest BCUT2D eigenvalue weighted by molar-refractivity contribution is 6.31. The summed E-state index contributed by atoms with van der Waals surface area (Å²) in [6, 6.07) is 8.66. The fourth-order valence-electron chi connectivity index (χ4n) is 2.08. The van der Waals surface area contributed by atoms with Gasteiger partial charge in [-0.15, -0.1) is 0 Å². The zero-order valence-corrected chi connectivity index (χ0v) is 11.7. The molecule has 1 atom stereocenters. The number of hydrogen-bond donors (Lipinski definition) is 1. The van der Waals surface area contributed by atoms with Crippen molar-refractivity contribution in [3.05, 3.63) is 64.2 Å². The molecular formula is C15H16ClFN2. The third kappa shape index (κ3) is 3.52. The van der Waals surface area contributed by atoms with E-state index >= 15 is 0 Å². The molecule has 19 heavy (non-hydrogen) atoms. The molecule has 0 aliphatic rings. The highest BCUT2D eigenvalue weighted by Gasteiger charge is 2.13. The molecule has 1 unspecified atom stereocenters. The molecule has 0 aliphatic carbocycles. The topological polar surface area (TPSA) is 24.9 Å². The summed E-state index contributed by atoms with van der Waals surface area (Å²) in [6.07, 6.45) is 2.50. The molecule has 1 heterocycles. The number of halogens is 2. The van der Waals surface area contributed by atoms with E-state index in [1.54, 1.807) is 12.3 Å². The third-order valence-electron chi connectivity index (χ3n) is 3.11. The summed E-state index contributed by atoms with van der Waals surface area (Å²) >= 11 is 6.07. The molecule has 0 spiro atoms. The Bertz CT molecular complexity index is 572. The maximum atomic E-state index is 13.0. The van der Waals surface area contributed by atoms with Crippen LogP contribution >= 0.6 is 11.6 Å². The fraction of sp³-hybridized carbons (Fsp3) is 0.267. The van der Waals surface area contributed by atoms with Crippen LogP contribution in [0.2, 0.25) is 5.02 Å². The van der Waals surface area contributed by atoms with Gasteiger partial charge < -0.3 is 5.32 Å². The lowest BCUT2D eigenvalue weighted by Gasteiger charge is -2.17. The molecule has 1 aromatic carbocycles. The van der Waals surface area contributed by atoms with Gasteiger partial charge in [0.15, 0.2) is 0 Å². The Morgan fingerprint density at radius 3 is 2.74 bits per heavy atom. The van der Waals surface area contributed by atoms with Gasteiger partial charge in [-0.25, -0.2) is 4.39 Å². The number of benzene rings is 1. The average molecular weight is 279 g/mol. The zero-order chi connectivity index (χ0) is 13.8. The van der Waals surface area contributed by atoms with Gasteiger partial charge in [0, 0.05) is 23.0 Å². The third-order valence-corrected chi connectivity index (χ3v) is 3.46. The van der Waals surface area contributed by atoms with Crippen LogP contribution in [0.25, 0.3) is 0 Å². The van der Waals surface area contributed by atoms with Gasteiger partial charge in [-0.2, -0.15) is 0 Å². The molecule has 0 aliphatic heterocycles. The number of likely N-dealkylation sites (N-methyl/N-ethyl adjacent to an activating group) is 1. The van der Waals surface area contributed by atoms with E-state index in [0.29, 0.717) is 11.4 Å². The fourth-order valence-corrected chi connectivity index (χ4v) is 2.32. The smallest absolute Gasteiger partial charge is 0.124 e. The van der Waals surface area contributed by atoms with Crippen molar-refractivity contribution >= 4 is 11.6 Å². The Kier molecular flexibility index (Phi) is 4.51. The lowest BCUT2D eigenvalue weighted by Crippen LogP contribution is -2.19. The normalized spacial score (nSPS) is 12.4. The highest BCUT2D eigenvalue weighted by atomic mass is 35.5. The van der Waals surface area contributed by atoms with Crippen LogP contribution in [0.1, 0.15) is 22.9 Å². The number of rotatable bonds is 4. The van der Waals surface area contributed by atoms with Gasteiger partial charge in [-0.3, -0.25) is 4.98 Å². The lowest BCUT2D eigenvalue weighted by atomic mass is 9.99. The van der Waals surface area contributed by atoms with Gasteiger partial charge in [0.1, 0.15) is 5.82 Å². The van der Waals surface area contributed by atoms with Crippen molar-refractivity contribution in [2.45, 2.75) is 19.4 Å². The van der Waals surface area contributed by atoms with Gasteiger partial charge in [-0.1, -0.05) is 17.7 Å². The number of hydrogen-bond acceptors (Lipinski definition) is 2. The molecule has 2 rings (SSSR count). The first-order valence-corrected chi connectivity index (χ1v) is 6.51. The molecule has 0 radical (unpaired) electrons. The number of aromatic nitrogens is 1. The van der Waals surface area contributed by atoms with E-state index in [1.165, 1.54) is 12.1 Å². The van der Waals surface area contributed by atoms with Crippen LogP contribution in [0.15, 0.2) is 36.5 Å². The summed E-state index contributed by atoms with van der Waals surface area (Å²) in [5.41, 5.74) is 3.05. The van der Waals surface area contributed by atoms with Gasteiger partial charge in [0.05, 0.1) is 0 Å². The van der Waals surface area contributed by atoms with E-state index in [0.717, 1.165) is 16.8 Å². The van der Waals surface area contributed by atoms with Crippen LogP contribution in [-0.2, 0) is 6.42 Å². The van der Waals surface area contributed by atoms with Crippen molar-refractivity contribution in [1.29, 1.82) is 0 Å². The standard InChI is InChI=1S/C15H16ClFN2/c1-10-7-12(5-6-19-10)15(18-2)8-11-3-4-13(17)9-14(11)16/h3-7,9,15,18H,8H2,1-2H3. The molecule has 2 aromatic rings. The second kappa shape index (κ2) is 6.13. The number of aryl methyl sites for hydroxylation is 1. The minimum absolute atomic E-state index is 0.129. The van der Waals surface area contributed by atoms with E-state index in [9.17, 15) is 4.39 Å². The molecule has 0 saturated carbocycles. The summed E-state index contributed by atoms with van der Waals surface area (Å²) < 4.78 is 13.0. The van der Waals surface area contributed by atoms with E-state index in [2.05, 4.69) is 10.3 Å². The number of nitrogens with one attached hydrogen (secondary N) is 1. The molecule has 0 bridgehead atoms. The Hall–Kier alpha value is -1.45. The zero-order valence-electron chi connectivity index (χ0n) is 11.0. The van der Waals surface area contributed by atoms with Crippen molar-refractivity contribution in [2.75, 3.05) is 7.05 Å². The first-order valence-electron chi connectivity index (χ1n) is 6.14. The number of pyridine rings is 1. The van der Waals surface area contributed by atoms with Gasteiger partial charge in [0.25, 0.3) is 0 Å². The molecule has 0 saturated heterocycles. The molecular weight excluding hydrogens is 263 g/mol. The van der Waals surface area contributed by atoms with Crippen LogP contribution in [0.5, 0.6) is 0 Å². The average Bonchev–Trinajstić information content (AvgIpc) is 2.38. The summed E-state index contributed by atoms with van der Waals surface area (Å²) in [5.74, 6) is -0.311. The number of nitrogens with zero attached hydrogens (tertiary/aromatic N) is 1. The lowest BCUT2D eigenvalue weighted by molar-refractivity contribution is 0.588. The van der Waals surface area contributed by atoms with Crippen LogP contribution in [-0.4, -0.2) is 12.0 Å². The Labute approximate surface area is 117 Å². The Morgan fingerprint density at radius 1 is 1.32 bits per heavy atom. The first kappa shape index (κ1) is 14.0. The summed E-state index contributed by atoms with van der Waals surface area (Å²) in [7, 11) is 1.90. The Balaban J connectivity index is 2.24. The predicted molar refractivity (Wildman–Crippen MR) is 75.9 cm³/mol. The minimum atomic E-state index is -0.311. The van der Waals surface area contributed by atoms with E-state index in [1.807, 2.05) is 26.1 Å². The predicted octanol–water partition coefficient (Wildman–Crippen LogP) is 3.69. The molecule has 1 N–H and O–H groups in total. The second-order valence-corrected chi connectivity index (χ2v) is 4.92. The summed E-state index contributed by atoms with van der Waals surface area (Å²) in [5, 5.41) is 3.72. The van der Waals surface area contributed by atoms with Crippen LogP contribution < -0.4 is 5.32 Å². The van der Waals surface area contributed by atoms with Crippen molar-refractivity contribution in [2.24, 2.45) is 0 Å². The molecule has 4 heteroatoms. The largest absolute Gasteiger partial charge is 0.313 e. The van der Waals surface area contributed by atoms with Crippen molar-refractivity contribution in [1.82, 2.24) is 10.3 Å². The maximum absolute atomic E-state index is 13.0. The van der Waals surface area contributed by atoms with Crippen molar-refractivity contribution < 1.29 is 4.39 Å².